The molecule has 4 heterocycles. The molecular weight excluding hydrogens is 508 g/mol. The molecule has 0 radical (unpaired) electrons. The highest BCUT2D eigenvalue weighted by atomic mass is 19.4. The van der Waals surface area contributed by atoms with Crippen LogP contribution < -0.4 is 15.8 Å². The van der Waals surface area contributed by atoms with Gasteiger partial charge in [0.1, 0.15) is 11.4 Å². The zero-order chi connectivity index (χ0) is 27.3. The number of nitrogens with one attached hydrogen (secondary N) is 1. The second kappa shape index (κ2) is 9.15. The number of nitrogens with two attached hydrogens (primary N) is 1. The van der Waals surface area contributed by atoms with Gasteiger partial charge in [-0.15, -0.1) is 13.2 Å². The lowest BCUT2D eigenvalue weighted by Crippen LogP contribution is -2.49. The Labute approximate surface area is 215 Å². The molecule has 5 rings (SSSR count). The van der Waals surface area contributed by atoms with Crippen LogP contribution in [0.15, 0.2) is 42.6 Å². The first-order chi connectivity index (χ1) is 17.9. The Morgan fingerprint density at radius 1 is 1.18 bits per heavy atom. The van der Waals surface area contributed by atoms with Crippen molar-refractivity contribution in [2.45, 2.75) is 44.3 Å². The van der Waals surface area contributed by atoms with Gasteiger partial charge in [0.05, 0.1) is 36.6 Å². The molecule has 0 bridgehead atoms. The van der Waals surface area contributed by atoms with Gasteiger partial charge >= 0.3 is 12.4 Å². The van der Waals surface area contributed by atoms with E-state index in [9.17, 15) is 22.4 Å². The van der Waals surface area contributed by atoms with E-state index in [0.29, 0.717) is 43.1 Å². The van der Waals surface area contributed by atoms with E-state index >= 15 is 0 Å². The molecule has 13 heteroatoms. The number of urea groups is 1. The van der Waals surface area contributed by atoms with Crippen LogP contribution in [-0.4, -0.2) is 51.8 Å². The van der Waals surface area contributed by atoms with E-state index in [2.05, 4.69) is 20.1 Å². The Morgan fingerprint density at radius 2 is 1.92 bits per heavy atom. The van der Waals surface area contributed by atoms with Gasteiger partial charge in [0.15, 0.2) is 11.6 Å². The quantitative estimate of drug-likeness (QED) is 0.488. The number of ether oxygens (including phenoxy) is 2. The van der Waals surface area contributed by atoms with Crippen molar-refractivity contribution >= 4 is 11.8 Å². The Hall–Kier alpha value is -3.87. The highest BCUT2D eigenvalue weighted by molar-refractivity contribution is 5.76. The van der Waals surface area contributed by atoms with E-state index in [1.807, 2.05) is 13.8 Å². The number of rotatable bonds is 4. The smallest absolute Gasteiger partial charge is 0.402 e. The molecular formula is C25H26F4N6O3. The number of benzene rings is 1. The molecule has 0 saturated carbocycles. The van der Waals surface area contributed by atoms with Crippen molar-refractivity contribution in [3.05, 3.63) is 59.7 Å². The topological polar surface area (TPSA) is 108 Å². The lowest BCUT2D eigenvalue weighted by molar-refractivity contribution is -0.274. The number of hydrogen-bond acceptors (Lipinski definition) is 6. The predicted molar refractivity (Wildman–Crippen MR) is 128 cm³/mol. The zero-order valence-corrected chi connectivity index (χ0v) is 20.7. The third-order valence-corrected chi connectivity index (χ3v) is 6.84. The minimum atomic E-state index is -4.92. The molecule has 3 N–H and O–H groups in total. The summed E-state index contributed by atoms with van der Waals surface area (Å²) < 4.78 is 63.6. The van der Waals surface area contributed by atoms with E-state index in [4.69, 9.17) is 10.5 Å². The molecule has 2 aliphatic heterocycles. The van der Waals surface area contributed by atoms with Crippen molar-refractivity contribution in [2.24, 2.45) is 0 Å². The number of anilines is 1. The van der Waals surface area contributed by atoms with Crippen LogP contribution >= 0.6 is 0 Å². The Bertz CT molecular complexity index is 1360. The number of hydrogen-bond donors (Lipinski definition) is 2. The number of nitrogen functional groups attached to an aromatic ring is 1. The van der Waals surface area contributed by atoms with Gasteiger partial charge in [-0.3, -0.25) is 4.68 Å². The predicted octanol–water partition coefficient (Wildman–Crippen LogP) is 4.14. The van der Waals surface area contributed by atoms with E-state index in [0.717, 1.165) is 11.6 Å². The van der Waals surface area contributed by atoms with Crippen LogP contribution in [0.2, 0.25) is 0 Å². The number of likely N-dealkylation sites (tertiary alicyclic amines) is 1. The van der Waals surface area contributed by atoms with Crippen LogP contribution in [-0.2, 0) is 22.4 Å². The van der Waals surface area contributed by atoms with E-state index in [1.54, 1.807) is 27.8 Å². The van der Waals surface area contributed by atoms with Crippen molar-refractivity contribution < 1.29 is 31.8 Å². The van der Waals surface area contributed by atoms with Crippen LogP contribution in [0.1, 0.15) is 31.5 Å². The number of halogens is 4. The molecule has 1 fully saturated rings. The summed E-state index contributed by atoms with van der Waals surface area (Å²) in [5, 5.41) is 7.55. The van der Waals surface area contributed by atoms with Gasteiger partial charge in [-0.2, -0.15) is 5.10 Å². The number of carbonyl (C=O) groups excluding carboxylic acids is 1. The molecule has 1 spiro atoms. The van der Waals surface area contributed by atoms with Crippen LogP contribution in [0.4, 0.5) is 28.2 Å². The van der Waals surface area contributed by atoms with Crippen molar-refractivity contribution in [1.29, 1.82) is 0 Å². The third kappa shape index (κ3) is 4.97. The second-order valence-electron chi connectivity index (χ2n) is 9.87. The molecule has 202 valence electrons. The normalized spacial score (nSPS) is 19.5. The molecule has 0 unspecified atom stereocenters. The molecule has 9 nitrogen and oxygen atoms in total. The third-order valence-electron chi connectivity index (χ3n) is 6.84. The maximum absolute atomic E-state index is 13.3. The first kappa shape index (κ1) is 25.8. The van der Waals surface area contributed by atoms with Crippen LogP contribution in [0.5, 0.6) is 5.75 Å². The number of aromatic nitrogens is 3. The minimum Gasteiger partial charge on any atom is -0.402 e. The van der Waals surface area contributed by atoms with Gasteiger partial charge in [-0.25, -0.2) is 14.2 Å². The Kier molecular flexibility index (Phi) is 6.21. The molecule has 1 saturated heterocycles. The summed E-state index contributed by atoms with van der Waals surface area (Å²) in [6.07, 6.45) is -3.09. The Balaban J connectivity index is 1.36. The van der Waals surface area contributed by atoms with Crippen LogP contribution in [0.25, 0.3) is 11.3 Å². The average molecular weight is 535 g/mol. The molecule has 0 aliphatic carbocycles. The maximum atomic E-state index is 13.3. The SMILES string of the molecule is CC(C)(NC(=O)N1CC[C@]2(C1)OCCn1nc(-c3cnc(N)c(OC(F)(F)F)c3)cc12)c1ccc(F)cc1. The van der Waals surface area contributed by atoms with Gasteiger partial charge in [0.25, 0.3) is 0 Å². The minimum absolute atomic E-state index is 0.256. The summed E-state index contributed by atoms with van der Waals surface area (Å²) in [7, 11) is 0. The monoisotopic (exact) mass is 534 g/mol. The summed E-state index contributed by atoms with van der Waals surface area (Å²) in [4.78, 5) is 18.7. The number of pyridine rings is 1. The lowest BCUT2D eigenvalue weighted by Gasteiger charge is -2.35. The van der Waals surface area contributed by atoms with Gasteiger partial charge in [-0.1, -0.05) is 12.1 Å². The van der Waals surface area contributed by atoms with Crippen molar-refractivity contribution in [1.82, 2.24) is 25.0 Å². The lowest BCUT2D eigenvalue weighted by atomic mass is 9.94. The Morgan fingerprint density at radius 3 is 2.63 bits per heavy atom. The fraction of sp³-hybridized carbons (Fsp3) is 0.400. The molecule has 2 amide bonds. The molecule has 2 aliphatic rings. The number of amides is 2. The summed E-state index contributed by atoms with van der Waals surface area (Å²) >= 11 is 0. The number of alkyl halides is 3. The van der Waals surface area contributed by atoms with E-state index < -0.39 is 29.1 Å². The van der Waals surface area contributed by atoms with Crippen LogP contribution in [0, 0.1) is 5.82 Å². The zero-order valence-electron chi connectivity index (χ0n) is 20.7. The summed E-state index contributed by atoms with van der Waals surface area (Å²) in [5.74, 6) is -1.36. The summed E-state index contributed by atoms with van der Waals surface area (Å²) in [6.45, 7) is 5.13. The largest absolute Gasteiger partial charge is 0.573 e. The average Bonchev–Trinajstić information content (AvgIpc) is 3.46. The fourth-order valence-electron chi connectivity index (χ4n) is 4.87. The number of nitrogens with zero attached hydrogens (tertiary/aromatic N) is 4. The van der Waals surface area contributed by atoms with Gasteiger partial charge in [0, 0.05) is 24.7 Å². The maximum Gasteiger partial charge on any atom is 0.573 e. The van der Waals surface area contributed by atoms with Gasteiger partial charge < -0.3 is 25.4 Å². The molecule has 38 heavy (non-hydrogen) atoms. The number of carbonyl (C=O) groups is 1. The van der Waals surface area contributed by atoms with Crippen LogP contribution in [0.3, 0.4) is 0 Å². The fourth-order valence-corrected chi connectivity index (χ4v) is 4.87. The molecule has 2 aromatic heterocycles. The van der Waals surface area contributed by atoms with Crippen molar-refractivity contribution in [3.8, 4) is 17.0 Å². The van der Waals surface area contributed by atoms with Gasteiger partial charge in [-0.05, 0) is 43.7 Å². The van der Waals surface area contributed by atoms with Crippen molar-refractivity contribution in [2.75, 3.05) is 25.4 Å². The number of fused-ring (bicyclic) bond motifs is 2. The highest BCUT2D eigenvalue weighted by Gasteiger charge is 2.47. The van der Waals surface area contributed by atoms with E-state index in [-0.39, 0.29) is 18.4 Å². The standard InChI is InChI=1S/C25H26F4N6O3/c1-23(2,16-3-5-17(26)6-4-16)32-22(36)34-8-7-24(14-34)20-12-18(33-35(20)9-10-37-24)15-11-19(21(30)31-13-15)38-25(27,28)29/h3-6,11-13H,7-10,14H2,1-2H3,(H2,30,31)(H,32,36)/t24-/m1/s1. The van der Waals surface area contributed by atoms with E-state index in [1.165, 1.54) is 18.3 Å². The summed E-state index contributed by atoms with van der Waals surface area (Å²) in [5.41, 5.74) is 6.12. The summed E-state index contributed by atoms with van der Waals surface area (Å²) in [6, 6.07) is 8.52. The molecule has 1 atom stereocenters. The highest BCUT2D eigenvalue weighted by Crippen LogP contribution is 2.40. The second-order valence-corrected chi connectivity index (χ2v) is 9.87. The molecule has 1 aromatic carbocycles. The van der Waals surface area contributed by atoms with Gasteiger partial charge in [0.2, 0.25) is 0 Å². The first-order valence-electron chi connectivity index (χ1n) is 11.9. The first-order valence-corrected chi connectivity index (χ1v) is 11.9. The van der Waals surface area contributed by atoms with Crippen molar-refractivity contribution in [3.63, 3.8) is 0 Å². The molecule has 3 aromatic rings.